The van der Waals surface area contributed by atoms with E-state index in [1.807, 2.05) is 38.1 Å². The van der Waals surface area contributed by atoms with Crippen LogP contribution in [-0.4, -0.2) is 26.4 Å². The summed E-state index contributed by atoms with van der Waals surface area (Å²) in [5.74, 6) is 1.24. The number of nitrogens with zero attached hydrogens (tertiary/aromatic N) is 3. The van der Waals surface area contributed by atoms with E-state index in [1.165, 1.54) is 22.9 Å². The van der Waals surface area contributed by atoms with Crippen LogP contribution in [0.5, 0.6) is 0 Å². The van der Waals surface area contributed by atoms with Crippen molar-refractivity contribution in [3.63, 3.8) is 0 Å². The zero-order valence-electron chi connectivity index (χ0n) is 16.6. The van der Waals surface area contributed by atoms with Crippen LogP contribution < -0.4 is 5.32 Å². The van der Waals surface area contributed by atoms with Crippen molar-refractivity contribution in [1.82, 2.24) is 14.8 Å². The fraction of sp³-hybridized carbons (Fsp3) is 0.318. The van der Waals surface area contributed by atoms with Gasteiger partial charge in [0.25, 0.3) is 0 Å². The lowest BCUT2D eigenvalue weighted by molar-refractivity contribution is -0.113. The molecular formula is C22H26N4OS. The highest BCUT2D eigenvalue weighted by molar-refractivity contribution is 7.99. The van der Waals surface area contributed by atoms with Crippen LogP contribution in [0.2, 0.25) is 0 Å². The van der Waals surface area contributed by atoms with E-state index in [4.69, 9.17) is 0 Å². The molecule has 28 heavy (non-hydrogen) atoms. The molecule has 1 amide bonds. The van der Waals surface area contributed by atoms with Gasteiger partial charge in [-0.25, -0.2) is 0 Å². The Bertz CT molecular complexity index is 937. The molecule has 0 aliphatic rings. The summed E-state index contributed by atoms with van der Waals surface area (Å²) in [6, 6.07) is 16.3. The molecular weight excluding hydrogens is 368 g/mol. The van der Waals surface area contributed by atoms with Crippen molar-refractivity contribution in [2.45, 2.75) is 45.3 Å². The number of thioether (sulfide) groups is 1. The third kappa shape index (κ3) is 5.01. The van der Waals surface area contributed by atoms with Gasteiger partial charge in [0, 0.05) is 18.7 Å². The molecule has 3 aromatic rings. The van der Waals surface area contributed by atoms with E-state index in [0.717, 1.165) is 41.6 Å². The summed E-state index contributed by atoms with van der Waals surface area (Å²) in [5, 5.41) is 12.4. The minimum Gasteiger partial charge on any atom is -0.325 e. The SMILES string of the molecule is CCn1c(CCc2ccccc2)nnc1SCC(=O)Nc1cccc(C)c1C. The molecule has 1 N–H and O–H groups in total. The maximum atomic E-state index is 12.4. The van der Waals surface area contributed by atoms with E-state index in [0.29, 0.717) is 5.75 Å². The number of aromatic nitrogens is 3. The van der Waals surface area contributed by atoms with Gasteiger partial charge in [0.15, 0.2) is 5.16 Å². The first kappa shape index (κ1) is 20.1. The largest absolute Gasteiger partial charge is 0.325 e. The first-order valence-electron chi connectivity index (χ1n) is 9.53. The predicted octanol–water partition coefficient (Wildman–Crippen LogP) is 4.43. The van der Waals surface area contributed by atoms with E-state index >= 15 is 0 Å². The molecule has 0 spiro atoms. The van der Waals surface area contributed by atoms with E-state index < -0.39 is 0 Å². The minimum atomic E-state index is -0.0322. The third-order valence-corrected chi connectivity index (χ3v) is 5.77. The van der Waals surface area contributed by atoms with Crippen LogP contribution in [-0.2, 0) is 24.2 Å². The third-order valence-electron chi connectivity index (χ3n) is 4.80. The quantitative estimate of drug-likeness (QED) is 0.574. The van der Waals surface area contributed by atoms with Gasteiger partial charge in [-0.1, -0.05) is 54.2 Å². The van der Waals surface area contributed by atoms with E-state index in [9.17, 15) is 4.79 Å². The average Bonchev–Trinajstić information content (AvgIpc) is 3.11. The van der Waals surface area contributed by atoms with Crippen LogP contribution >= 0.6 is 11.8 Å². The second kappa shape index (κ2) is 9.55. The molecule has 1 heterocycles. The lowest BCUT2D eigenvalue weighted by Gasteiger charge is -2.10. The molecule has 0 aliphatic heterocycles. The highest BCUT2D eigenvalue weighted by atomic mass is 32.2. The van der Waals surface area contributed by atoms with Crippen LogP contribution in [0.15, 0.2) is 53.7 Å². The van der Waals surface area contributed by atoms with Crippen molar-refractivity contribution >= 4 is 23.4 Å². The highest BCUT2D eigenvalue weighted by Crippen LogP contribution is 2.21. The summed E-state index contributed by atoms with van der Waals surface area (Å²) in [6.07, 6.45) is 1.76. The molecule has 0 saturated carbocycles. The van der Waals surface area contributed by atoms with Crippen LogP contribution in [0.3, 0.4) is 0 Å². The lowest BCUT2D eigenvalue weighted by atomic mass is 10.1. The Labute approximate surface area is 170 Å². The second-order valence-corrected chi connectivity index (χ2v) is 7.66. The second-order valence-electron chi connectivity index (χ2n) is 6.71. The van der Waals surface area contributed by atoms with Crippen molar-refractivity contribution in [1.29, 1.82) is 0 Å². The predicted molar refractivity (Wildman–Crippen MR) is 115 cm³/mol. The zero-order valence-corrected chi connectivity index (χ0v) is 17.4. The molecule has 0 aliphatic carbocycles. The maximum Gasteiger partial charge on any atom is 0.234 e. The van der Waals surface area contributed by atoms with Crippen LogP contribution in [0.1, 0.15) is 29.4 Å². The molecule has 0 fully saturated rings. The number of amides is 1. The van der Waals surface area contributed by atoms with Crippen molar-refractivity contribution < 1.29 is 4.79 Å². The van der Waals surface area contributed by atoms with E-state index in [1.54, 1.807) is 0 Å². The summed E-state index contributed by atoms with van der Waals surface area (Å²) >= 11 is 1.43. The summed E-state index contributed by atoms with van der Waals surface area (Å²) < 4.78 is 2.10. The normalized spacial score (nSPS) is 10.8. The van der Waals surface area contributed by atoms with Crippen molar-refractivity contribution in [3.05, 3.63) is 71.0 Å². The topological polar surface area (TPSA) is 59.8 Å². The number of carbonyl (C=O) groups is 1. The highest BCUT2D eigenvalue weighted by Gasteiger charge is 2.14. The van der Waals surface area contributed by atoms with Gasteiger partial charge >= 0.3 is 0 Å². The van der Waals surface area contributed by atoms with Crippen LogP contribution in [0.4, 0.5) is 5.69 Å². The van der Waals surface area contributed by atoms with Crippen molar-refractivity contribution in [3.8, 4) is 0 Å². The summed E-state index contributed by atoms with van der Waals surface area (Å²) in [4.78, 5) is 12.4. The molecule has 146 valence electrons. The number of rotatable bonds is 8. The molecule has 1 aromatic heterocycles. The van der Waals surface area contributed by atoms with Gasteiger partial charge in [-0.2, -0.15) is 0 Å². The number of benzene rings is 2. The molecule has 2 aromatic carbocycles. The average molecular weight is 395 g/mol. The molecule has 3 rings (SSSR count). The van der Waals surface area contributed by atoms with Gasteiger partial charge in [0.1, 0.15) is 5.82 Å². The van der Waals surface area contributed by atoms with Gasteiger partial charge in [-0.15, -0.1) is 10.2 Å². The number of hydrogen-bond acceptors (Lipinski definition) is 4. The lowest BCUT2D eigenvalue weighted by Crippen LogP contribution is -2.15. The molecule has 0 atom stereocenters. The molecule has 0 saturated heterocycles. The number of aryl methyl sites for hydroxylation is 3. The van der Waals surface area contributed by atoms with Crippen LogP contribution in [0, 0.1) is 13.8 Å². The first-order chi connectivity index (χ1) is 13.6. The van der Waals surface area contributed by atoms with Crippen molar-refractivity contribution in [2.75, 3.05) is 11.1 Å². The number of anilines is 1. The Balaban J connectivity index is 1.59. The molecule has 6 heteroatoms. The smallest absolute Gasteiger partial charge is 0.234 e. The Morgan fingerprint density at radius 2 is 1.82 bits per heavy atom. The van der Waals surface area contributed by atoms with Gasteiger partial charge in [0.2, 0.25) is 5.91 Å². The number of carbonyl (C=O) groups excluding carboxylic acids is 1. The maximum absolute atomic E-state index is 12.4. The molecule has 5 nitrogen and oxygen atoms in total. The molecule has 0 unspecified atom stereocenters. The number of nitrogens with one attached hydrogen (secondary N) is 1. The summed E-state index contributed by atoms with van der Waals surface area (Å²) in [6.45, 7) is 6.93. The molecule has 0 bridgehead atoms. The Morgan fingerprint density at radius 3 is 2.57 bits per heavy atom. The minimum absolute atomic E-state index is 0.0322. The van der Waals surface area contributed by atoms with Gasteiger partial charge in [0.05, 0.1) is 5.75 Å². The van der Waals surface area contributed by atoms with Crippen LogP contribution in [0.25, 0.3) is 0 Å². The Hall–Kier alpha value is -2.60. The Morgan fingerprint density at radius 1 is 1.04 bits per heavy atom. The van der Waals surface area contributed by atoms with Gasteiger partial charge in [-0.05, 0) is 49.9 Å². The zero-order chi connectivity index (χ0) is 19.9. The van der Waals surface area contributed by atoms with E-state index in [2.05, 4.69) is 51.3 Å². The fourth-order valence-corrected chi connectivity index (χ4v) is 3.85. The number of hydrogen-bond donors (Lipinski definition) is 1. The summed E-state index contributed by atoms with van der Waals surface area (Å²) in [7, 11) is 0. The van der Waals surface area contributed by atoms with E-state index in [-0.39, 0.29) is 5.91 Å². The van der Waals surface area contributed by atoms with Crippen molar-refractivity contribution in [2.24, 2.45) is 0 Å². The monoisotopic (exact) mass is 394 g/mol. The van der Waals surface area contributed by atoms with Gasteiger partial charge in [-0.3, -0.25) is 4.79 Å². The standard InChI is InChI=1S/C22H26N4OS/c1-4-26-20(14-13-18-10-6-5-7-11-18)24-25-22(26)28-15-21(27)23-19-12-8-9-16(2)17(19)3/h5-12H,4,13-15H2,1-3H3,(H,23,27). The first-order valence-corrected chi connectivity index (χ1v) is 10.5. The molecule has 0 radical (unpaired) electrons. The summed E-state index contributed by atoms with van der Waals surface area (Å²) in [5.41, 5.74) is 4.42. The van der Waals surface area contributed by atoms with Gasteiger partial charge < -0.3 is 9.88 Å². The fourth-order valence-electron chi connectivity index (χ4n) is 3.03. The Kier molecular flexibility index (Phi) is 6.87.